The first-order valence-corrected chi connectivity index (χ1v) is 11.4. The van der Waals surface area contributed by atoms with Crippen LogP contribution < -0.4 is 10.6 Å². The van der Waals surface area contributed by atoms with Crippen molar-refractivity contribution in [3.8, 4) is 0 Å². The Bertz CT molecular complexity index is 1020. The van der Waals surface area contributed by atoms with Crippen LogP contribution in [0.2, 0.25) is 10.0 Å². The molecule has 3 rings (SSSR count). The monoisotopic (exact) mass is 494 g/mol. The lowest BCUT2D eigenvalue weighted by molar-refractivity contribution is -0.384. The number of nitro benzene ring substituents is 1. The second kappa shape index (κ2) is 10.2. The quantitative estimate of drug-likeness (QED) is 0.393. The molecule has 0 radical (unpaired) electrons. The maximum absolute atomic E-state index is 12.5. The molecule has 1 aliphatic heterocycles. The molecule has 8 nitrogen and oxygen atoms in total. The van der Waals surface area contributed by atoms with Crippen LogP contribution in [0, 0.1) is 10.1 Å². The van der Waals surface area contributed by atoms with Crippen LogP contribution in [-0.2, 0) is 4.74 Å². The van der Waals surface area contributed by atoms with E-state index < -0.39 is 22.7 Å². The van der Waals surface area contributed by atoms with Gasteiger partial charge in [-0.15, -0.1) is 0 Å². The van der Waals surface area contributed by atoms with Gasteiger partial charge in [-0.1, -0.05) is 35.3 Å². The summed E-state index contributed by atoms with van der Waals surface area (Å²) >= 11 is 12.2. The van der Waals surface area contributed by atoms with Crippen LogP contribution in [0.5, 0.6) is 0 Å². The molecule has 178 valence electrons. The number of anilines is 1. The summed E-state index contributed by atoms with van der Waals surface area (Å²) in [5.74, 6) is 0. The maximum Gasteiger partial charge on any atom is 0.410 e. The number of nitrogens with zero attached hydrogens (tertiary/aromatic N) is 2. The molecule has 2 aromatic carbocycles. The lowest BCUT2D eigenvalue weighted by Gasteiger charge is -2.35. The molecule has 0 spiro atoms. The summed E-state index contributed by atoms with van der Waals surface area (Å²) in [6.45, 7) is 8.51. The van der Waals surface area contributed by atoms with E-state index in [2.05, 4.69) is 10.6 Å². The average Bonchev–Trinajstić information content (AvgIpc) is 2.71. The third kappa shape index (κ3) is 6.50. The Morgan fingerprint density at radius 1 is 1.27 bits per heavy atom. The van der Waals surface area contributed by atoms with Crippen molar-refractivity contribution < 1.29 is 14.5 Å². The number of piperazine rings is 1. The Balaban J connectivity index is 1.87. The van der Waals surface area contributed by atoms with Crippen LogP contribution in [0.3, 0.4) is 0 Å². The minimum absolute atomic E-state index is 0.0407. The number of ether oxygens (including phenoxy) is 1. The highest BCUT2D eigenvalue weighted by molar-refractivity contribution is 6.34. The predicted octanol–water partition coefficient (Wildman–Crippen LogP) is 5.96. The molecule has 2 N–H and O–H groups in total. The van der Waals surface area contributed by atoms with Gasteiger partial charge in [-0.3, -0.25) is 10.1 Å². The van der Waals surface area contributed by atoms with E-state index in [1.54, 1.807) is 62.1 Å². The second-order valence-corrected chi connectivity index (χ2v) is 9.88. The zero-order valence-corrected chi connectivity index (χ0v) is 20.5. The predicted molar refractivity (Wildman–Crippen MR) is 130 cm³/mol. The molecule has 10 heteroatoms. The van der Waals surface area contributed by atoms with E-state index >= 15 is 0 Å². The van der Waals surface area contributed by atoms with Gasteiger partial charge < -0.3 is 20.3 Å². The van der Waals surface area contributed by atoms with E-state index in [0.717, 1.165) is 5.56 Å². The number of hydrogen-bond donors (Lipinski definition) is 2. The lowest BCUT2D eigenvalue weighted by atomic mass is 10.0. The van der Waals surface area contributed by atoms with E-state index in [1.807, 2.05) is 6.92 Å². The molecule has 0 bridgehead atoms. The first-order valence-electron chi connectivity index (χ1n) is 10.7. The molecule has 1 aliphatic rings. The summed E-state index contributed by atoms with van der Waals surface area (Å²) in [5, 5.41) is 19.6. The van der Waals surface area contributed by atoms with Gasteiger partial charge in [0.2, 0.25) is 0 Å². The molecule has 1 fully saturated rings. The summed E-state index contributed by atoms with van der Waals surface area (Å²) in [6, 6.07) is 9.60. The number of rotatable bonds is 5. The van der Waals surface area contributed by atoms with Crippen molar-refractivity contribution in [3.05, 3.63) is 67.7 Å². The van der Waals surface area contributed by atoms with Crippen molar-refractivity contribution in [1.82, 2.24) is 10.2 Å². The van der Waals surface area contributed by atoms with Crippen LogP contribution in [0.1, 0.15) is 50.9 Å². The van der Waals surface area contributed by atoms with E-state index in [0.29, 0.717) is 34.4 Å². The zero-order valence-electron chi connectivity index (χ0n) is 19.0. The first-order chi connectivity index (χ1) is 15.4. The molecule has 2 unspecified atom stereocenters. The van der Waals surface area contributed by atoms with Gasteiger partial charge in [-0.25, -0.2) is 4.79 Å². The third-order valence-electron chi connectivity index (χ3n) is 5.21. The fraction of sp³-hybridized carbons (Fsp3) is 0.435. The molecule has 2 atom stereocenters. The molecule has 0 aliphatic carbocycles. The van der Waals surface area contributed by atoms with Gasteiger partial charge in [0.05, 0.1) is 16.5 Å². The number of nitrogens with one attached hydrogen (secondary N) is 2. The third-order valence-corrected chi connectivity index (χ3v) is 5.65. The topological polar surface area (TPSA) is 96.7 Å². The molecule has 2 aromatic rings. The maximum atomic E-state index is 12.5. The van der Waals surface area contributed by atoms with E-state index in [9.17, 15) is 14.9 Å². The Kier molecular flexibility index (Phi) is 7.72. The van der Waals surface area contributed by atoms with Crippen LogP contribution in [-0.4, -0.2) is 41.2 Å². The van der Waals surface area contributed by atoms with Crippen LogP contribution >= 0.6 is 23.2 Å². The highest BCUT2D eigenvalue weighted by Gasteiger charge is 2.32. The Morgan fingerprint density at radius 3 is 2.55 bits per heavy atom. The van der Waals surface area contributed by atoms with Gasteiger partial charge in [-0.05, 0) is 57.5 Å². The average molecular weight is 495 g/mol. The summed E-state index contributed by atoms with van der Waals surface area (Å²) in [4.78, 5) is 25.8. The number of benzene rings is 2. The molecule has 1 amide bonds. The SMILES string of the molecule is CC(Nc1cccc(C2CN(C(=O)OC(C)(C)C)CCN2)c1[N+](=O)[O-])c1cc(Cl)cc(Cl)c1. The summed E-state index contributed by atoms with van der Waals surface area (Å²) in [6.07, 6.45) is -0.433. The number of amides is 1. The molecule has 1 saturated heterocycles. The van der Waals surface area contributed by atoms with E-state index in [1.165, 1.54) is 0 Å². The molecular formula is C23H28Cl2N4O4. The number of carbonyl (C=O) groups excluding carboxylic acids is 1. The van der Waals surface area contributed by atoms with Crippen molar-refractivity contribution in [2.75, 3.05) is 25.0 Å². The number of carbonyl (C=O) groups is 1. The largest absolute Gasteiger partial charge is 0.444 e. The van der Waals surface area contributed by atoms with Crippen molar-refractivity contribution in [2.24, 2.45) is 0 Å². The highest BCUT2D eigenvalue weighted by atomic mass is 35.5. The van der Waals surface area contributed by atoms with Gasteiger partial charge in [0.1, 0.15) is 11.3 Å². The molecule has 33 heavy (non-hydrogen) atoms. The standard InChI is InChI=1S/C23H28Cl2N4O4/c1-14(15-10-16(24)12-17(25)11-15)27-19-7-5-6-18(21(19)29(31)32)20-13-28(9-8-26-20)22(30)33-23(2,3)4/h5-7,10-12,14,20,26-27H,8-9,13H2,1-4H3. The van der Waals surface area contributed by atoms with Crippen LogP contribution in [0.4, 0.5) is 16.2 Å². The van der Waals surface area contributed by atoms with E-state index in [-0.39, 0.29) is 18.3 Å². The van der Waals surface area contributed by atoms with Gasteiger partial charge in [0, 0.05) is 35.7 Å². The Labute approximate surface area is 203 Å². The number of para-hydroxylation sites is 1. The van der Waals surface area contributed by atoms with Crippen LogP contribution in [0.25, 0.3) is 0 Å². The molecular weight excluding hydrogens is 467 g/mol. The smallest absolute Gasteiger partial charge is 0.410 e. The zero-order chi connectivity index (χ0) is 24.3. The Morgan fingerprint density at radius 2 is 1.94 bits per heavy atom. The van der Waals surface area contributed by atoms with Crippen molar-refractivity contribution in [1.29, 1.82) is 0 Å². The minimum Gasteiger partial charge on any atom is -0.444 e. The van der Waals surface area contributed by atoms with Crippen LogP contribution in [0.15, 0.2) is 36.4 Å². The molecule has 1 heterocycles. The van der Waals surface area contributed by atoms with Gasteiger partial charge in [0.15, 0.2) is 0 Å². The van der Waals surface area contributed by atoms with Gasteiger partial charge in [-0.2, -0.15) is 0 Å². The fourth-order valence-electron chi connectivity index (χ4n) is 3.76. The van der Waals surface area contributed by atoms with Crippen molar-refractivity contribution in [3.63, 3.8) is 0 Å². The lowest BCUT2D eigenvalue weighted by Crippen LogP contribution is -2.49. The van der Waals surface area contributed by atoms with Gasteiger partial charge in [0.25, 0.3) is 5.69 Å². The van der Waals surface area contributed by atoms with E-state index in [4.69, 9.17) is 27.9 Å². The normalized spacial score (nSPS) is 17.4. The highest BCUT2D eigenvalue weighted by Crippen LogP contribution is 2.36. The number of halogens is 2. The second-order valence-electron chi connectivity index (χ2n) is 9.00. The minimum atomic E-state index is -0.618. The van der Waals surface area contributed by atoms with Gasteiger partial charge >= 0.3 is 6.09 Å². The van der Waals surface area contributed by atoms with Crippen molar-refractivity contribution >= 4 is 40.7 Å². The number of nitro groups is 1. The number of hydrogen-bond acceptors (Lipinski definition) is 6. The first kappa shape index (κ1) is 25.1. The summed E-state index contributed by atoms with van der Waals surface area (Å²) in [5.41, 5.74) is 1.01. The molecule has 0 aromatic heterocycles. The summed E-state index contributed by atoms with van der Waals surface area (Å²) < 4.78 is 5.48. The fourth-order valence-corrected chi connectivity index (χ4v) is 4.30. The summed E-state index contributed by atoms with van der Waals surface area (Å²) in [7, 11) is 0. The van der Waals surface area contributed by atoms with Crippen molar-refractivity contribution in [2.45, 2.75) is 45.4 Å². The Hall–Kier alpha value is -2.55. The molecule has 0 saturated carbocycles.